The normalized spacial score (nSPS) is 13.2. The first-order valence-corrected chi connectivity index (χ1v) is 7.36. The van der Waals surface area contributed by atoms with Crippen molar-refractivity contribution in [3.05, 3.63) is 29.8 Å². The van der Waals surface area contributed by atoms with Crippen LogP contribution in [0.3, 0.4) is 0 Å². The van der Waals surface area contributed by atoms with E-state index < -0.39 is 35.4 Å². The maximum Gasteiger partial charge on any atom is 0.573 e. The number of benzene rings is 1. The molecule has 0 aromatic heterocycles. The highest BCUT2D eigenvalue weighted by Crippen LogP contribution is 2.28. The molecule has 1 amide bonds. The van der Waals surface area contributed by atoms with Gasteiger partial charge in [0.25, 0.3) is 0 Å². The standard InChI is InChI=1S/C16H20F3NO5/c1-15(2,14(23)20-12(13(21)22)8-9-24-3)10-4-6-11(7-5-10)25-16(17,18)19/h4-7,12H,8-9H2,1-3H3,(H,20,23)(H,21,22). The van der Waals surface area contributed by atoms with E-state index >= 15 is 0 Å². The Bertz CT molecular complexity index is 599. The molecule has 0 saturated carbocycles. The lowest BCUT2D eigenvalue weighted by atomic mass is 9.83. The number of methoxy groups -OCH3 is 1. The summed E-state index contributed by atoms with van der Waals surface area (Å²) >= 11 is 0. The van der Waals surface area contributed by atoms with Gasteiger partial charge in [-0.25, -0.2) is 4.79 Å². The second kappa shape index (κ2) is 8.19. The summed E-state index contributed by atoms with van der Waals surface area (Å²) in [6, 6.07) is 3.71. The van der Waals surface area contributed by atoms with Gasteiger partial charge in [0, 0.05) is 20.1 Å². The molecule has 2 N–H and O–H groups in total. The third kappa shape index (κ3) is 6.26. The van der Waals surface area contributed by atoms with Crippen LogP contribution in [0.5, 0.6) is 5.75 Å². The van der Waals surface area contributed by atoms with Gasteiger partial charge in [0.2, 0.25) is 5.91 Å². The molecule has 25 heavy (non-hydrogen) atoms. The highest BCUT2D eigenvalue weighted by Gasteiger charge is 2.34. The lowest BCUT2D eigenvalue weighted by molar-refractivity contribution is -0.274. The topological polar surface area (TPSA) is 84.9 Å². The zero-order valence-corrected chi connectivity index (χ0v) is 14.0. The molecule has 0 radical (unpaired) electrons. The van der Waals surface area contributed by atoms with Gasteiger partial charge in [-0.15, -0.1) is 13.2 Å². The number of nitrogens with one attached hydrogen (secondary N) is 1. The Morgan fingerprint density at radius 2 is 1.76 bits per heavy atom. The van der Waals surface area contributed by atoms with Crippen molar-refractivity contribution in [3.63, 3.8) is 0 Å². The number of carboxylic acids is 1. The molecule has 0 aliphatic rings. The lowest BCUT2D eigenvalue weighted by Crippen LogP contribution is -2.48. The van der Waals surface area contributed by atoms with Crippen LogP contribution < -0.4 is 10.1 Å². The molecule has 1 aromatic rings. The monoisotopic (exact) mass is 363 g/mol. The number of hydrogen-bond donors (Lipinski definition) is 2. The van der Waals surface area contributed by atoms with Crippen LogP contribution in [0.25, 0.3) is 0 Å². The zero-order valence-electron chi connectivity index (χ0n) is 14.0. The Labute approximate surface area is 142 Å². The van der Waals surface area contributed by atoms with E-state index in [4.69, 9.17) is 9.84 Å². The third-order valence-electron chi connectivity index (χ3n) is 3.59. The number of halogens is 3. The van der Waals surface area contributed by atoms with Gasteiger partial charge in [0.1, 0.15) is 11.8 Å². The Morgan fingerprint density at radius 3 is 2.20 bits per heavy atom. The van der Waals surface area contributed by atoms with Crippen LogP contribution in [0.4, 0.5) is 13.2 Å². The van der Waals surface area contributed by atoms with Crippen molar-refractivity contribution in [1.82, 2.24) is 5.32 Å². The van der Waals surface area contributed by atoms with Crippen LogP contribution in [0.15, 0.2) is 24.3 Å². The van der Waals surface area contributed by atoms with Gasteiger partial charge in [0.05, 0.1) is 5.41 Å². The summed E-state index contributed by atoms with van der Waals surface area (Å²) in [6.45, 7) is 3.23. The van der Waals surface area contributed by atoms with Crippen LogP contribution >= 0.6 is 0 Å². The van der Waals surface area contributed by atoms with Gasteiger partial charge in [0.15, 0.2) is 0 Å². The highest BCUT2D eigenvalue weighted by atomic mass is 19.4. The van der Waals surface area contributed by atoms with Gasteiger partial charge in [-0.2, -0.15) is 0 Å². The minimum Gasteiger partial charge on any atom is -0.480 e. The third-order valence-corrected chi connectivity index (χ3v) is 3.59. The van der Waals surface area contributed by atoms with Crippen molar-refractivity contribution in [2.75, 3.05) is 13.7 Å². The van der Waals surface area contributed by atoms with Crippen LogP contribution in [0.1, 0.15) is 25.8 Å². The minimum atomic E-state index is -4.80. The largest absolute Gasteiger partial charge is 0.573 e. The minimum absolute atomic E-state index is 0.0893. The van der Waals surface area contributed by atoms with Crippen molar-refractivity contribution in [1.29, 1.82) is 0 Å². The number of rotatable bonds is 8. The maximum atomic E-state index is 12.4. The molecule has 0 aliphatic heterocycles. The molecular formula is C16H20F3NO5. The average molecular weight is 363 g/mol. The first-order chi connectivity index (χ1) is 11.5. The van der Waals surface area contributed by atoms with E-state index in [1.807, 2.05) is 0 Å². The van der Waals surface area contributed by atoms with E-state index in [-0.39, 0.29) is 13.0 Å². The molecule has 1 aromatic carbocycles. The van der Waals surface area contributed by atoms with Gasteiger partial charge in [-0.05, 0) is 31.5 Å². The second-order valence-corrected chi connectivity index (χ2v) is 5.84. The Kier molecular flexibility index (Phi) is 6.80. The molecule has 9 heteroatoms. The van der Waals surface area contributed by atoms with E-state index in [1.165, 1.54) is 33.1 Å². The van der Waals surface area contributed by atoms with Crippen molar-refractivity contribution in [3.8, 4) is 5.75 Å². The first kappa shape index (κ1) is 20.8. The molecular weight excluding hydrogens is 343 g/mol. The number of carbonyl (C=O) groups excluding carboxylic acids is 1. The SMILES string of the molecule is COCCC(NC(=O)C(C)(C)c1ccc(OC(F)(F)F)cc1)C(=O)O. The van der Waals surface area contributed by atoms with Crippen LogP contribution in [0, 0.1) is 0 Å². The summed E-state index contributed by atoms with van der Waals surface area (Å²) < 4.78 is 45.1. The molecule has 0 aliphatic carbocycles. The summed E-state index contributed by atoms with van der Waals surface area (Å²) in [5.41, 5.74) is -0.743. The molecule has 0 spiro atoms. The average Bonchev–Trinajstić information content (AvgIpc) is 2.49. The van der Waals surface area contributed by atoms with E-state index in [1.54, 1.807) is 0 Å². The van der Waals surface area contributed by atoms with Crippen molar-refractivity contribution >= 4 is 11.9 Å². The van der Waals surface area contributed by atoms with Gasteiger partial charge < -0.3 is 19.9 Å². The maximum absolute atomic E-state index is 12.4. The fourth-order valence-corrected chi connectivity index (χ4v) is 2.04. The quantitative estimate of drug-likeness (QED) is 0.741. The van der Waals surface area contributed by atoms with E-state index in [0.29, 0.717) is 5.56 Å². The predicted octanol–water partition coefficient (Wildman–Crippen LogP) is 2.47. The fraction of sp³-hybridized carbons (Fsp3) is 0.500. The molecule has 0 saturated heterocycles. The number of alkyl halides is 3. The Hall–Kier alpha value is -2.29. The van der Waals surface area contributed by atoms with Crippen LogP contribution in [-0.4, -0.2) is 43.1 Å². The highest BCUT2D eigenvalue weighted by molar-refractivity contribution is 5.90. The van der Waals surface area contributed by atoms with E-state index in [0.717, 1.165) is 12.1 Å². The number of ether oxygens (including phenoxy) is 2. The summed E-state index contributed by atoms with van der Waals surface area (Å²) in [6.07, 6.45) is -4.71. The van der Waals surface area contributed by atoms with Crippen molar-refractivity contribution in [2.24, 2.45) is 0 Å². The molecule has 0 bridgehead atoms. The van der Waals surface area contributed by atoms with E-state index in [2.05, 4.69) is 10.1 Å². The predicted molar refractivity (Wildman–Crippen MR) is 82.2 cm³/mol. The molecule has 6 nitrogen and oxygen atoms in total. The molecule has 0 heterocycles. The summed E-state index contributed by atoms with van der Waals surface area (Å²) in [5.74, 6) is -2.17. The van der Waals surface area contributed by atoms with Gasteiger partial charge in [-0.1, -0.05) is 12.1 Å². The fourth-order valence-electron chi connectivity index (χ4n) is 2.04. The molecule has 1 unspecified atom stereocenters. The van der Waals surface area contributed by atoms with Crippen LogP contribution in [-0.2, 0) is 19.7 Å². The molecule has 140 valence electrons. The molecule has 1 rings (SSSR count). The number of aliphatic carboxylic acids is 1. The van der Waals surface area contributed by atoms with Crippen molar-refractivity contribution < 1.29 is 37.3 Å². The molecule has 0 fully saturated rings. The zero-order chi connectivity index (χ0) is 19.3. The lowest BCUT2D eigenvalue weighted by Gasteiger charge is -2.26. The second-order valence-electron chi connectivity index (χ2n) is 5.84. The Balaban J connectivity index is 2.87. The summed E-state index contributed by atoms with van der Waals surface area (Å²) in [5, 5.41) is 11.5. The summed E-state index contributed by atoms with van der Waals surface area (Å²) in [4.78, 5) is 23.6. The van der Waals surface area contributed by atoms with Crippen molar-refractivity contribution in [2.45, 2.75) is 38.1 Å². The van der Waals surface area contributed by atoms with Crippen LogP contribution in [0.2, 0.25) is 0 Å². The van der Waals surface area contributed by atoms with E-state index in [9.17, 15) is 22.8 Å². The van der Waals surface area contributed by atoms with Gasteiger partial charge >= 0.3 is 12.3 Å². The molecule has 1 atom stereocenters. The number of carbonyl (C=O) groups is 2. The first-order valence-electron chi connectivity index (χ1n) is 7.36. The smallest absolute Gasteiger partial charge is 0.480 e. The number of hydrogen-bond acceptors (Lipinski definition) is 4. The number of amides is 1. The van der Waals surface area contributed by atoms with Gasteiger partial charge in [-0.3, -0.25) is 4.79 Å². The Morgan fingerprint density at radius 1 is 1.20 bits per heavy atom. The summed E-state index contributed by atoms with van der Waals surface area (Å²) in [7, 11) is 1.41. The number of carboxylic acid groups (broad SMARTS) is 1.